The maximum atomic E-state index is 10.6. The molecule has 0 saturated carbocycles. The van der Waals surface area contributed by atoms with Gasteiger partial charge in [-0.3, -0.25) is 0 Å². The Morgan fingerprint density at radius 3 is 2.06 bits per heavy atom. The first-order valence-electron chi connectivity index (χ1n) is 5.59. The van der Waals surface area contributed by atoms with E-state index in [1.165, 1.54) is 0 Å². The average molecular weight is 238 g/mol. The molecule has 0 amide bonds. The molecule has 0 aromatic heterocycles. The highest BCUT2D eigenvalue weighted by Crippen LogP contribution is 2.49. The molecule has 0 unspecified atom stereocenters. The highest BCUT2D eigenvalue weighted by molar-refractivity contribution is 6.83. The summed E-state index contributed by atoms with van der Waals surface area (Å²) < 4.78 is 5.44. The van der Waals surface area contributed by atoms with E-state index in [-0.39, 0.29) is 0 Å². The smallest absolute Gasteiger partial charge is 0.179 e. The van der Waals surface area contributed by atoms with Gasteiger partial charge in [-0.05, 0) is 31.9 Å². The summed E-state index contributed by atoms with van der Waals surface area (Å²) in [4.78, 5) is 0. The van der Waals surface area contributed by atoms with Crippen LogP contribution in [0.3, 0.4) is 0 Å². The predicted octanol–water partition coefficient (Wildman–Crippen LogP) is 2.35. The fourth-order valence-corrected chi connectivity index (χ4v) is 2.54. The quantitative estimate of drug-likeness (QED) is 0.432. The molecule has 0 fully saturated rings. The van der Waals surface area contributed by atoms with Gasteiger partial charge < -0.3 is 9.84 Å². The van der Waals surface area contributed by atoms with Crippen molar-refractivity contribution in [2.24, 2.45) is 0 Å². The van der Waals surface area contributed by atoms with E-state index in [1.807, 2.05) is 20.8 Å². The molecule has 1 aliphatic carbocycles. The molecule has 90 valence electrons. The van der Waals surface area contributed by atoms with Crippen molar-refractivity contribution >= 4 is 8.07 Å². The van der Waals surface area contributed by atoms with E-state index in [4.69, 9.17) is 4.74 Å². The van der Waals surface area contributed by atoms with Gasteiger partial charge in [0.15, 0.2) is 5.60 Å². The van der Waals surface area contributed by atoms with Crippen molar-refractivity contribution in [2.45, 2.75) is 51.6 Å². The average Bonchev–Trinajstić information content (AvgIpc) is 2.21. The summed E-state index contributed by atoms with van der Waals surface area (Å²) in [7, 11) is 0.147. The third-order valence-electron chi connectivity index (χ3n) is 3.54. The molecule has 0 bridgehead atoms. The number of rotatable bonds is 1. The SMILES string of the molecule is CO[C@@]1(C)C(C)=C(C)[C@]1(O)C#C[Si](C)(C)C. The molecule has 0 heterocycles. The van der Waals surface area contributed by atoms with Crippen molar-refractivity contribution in [1.82, 2.24) is 0 Å². The van der Waals surface area contributed by atoms with Crippen LogP contribution in [-0.4, -0.2) is 31.5 Å². The zero-order chi connectivity index (χ0) is 12.8. The van der Waals surface area contributed by atoms with Crippen LogP contribution in [0.5, 0.6) is 0 Å². The van der Waals surface area contributed by atoms with Crippen LogP contribution in [0.2, 0.25) is 19.6 Å². The van der Waals surface area contributed by atoms with Crippen LogP contribution in [-0.2, 0) is 4.74 Å². The zero-order valence-corrected chi connectivity index (χ0v) is 12.4. The van der Waals surface area contributed by atoms with Gasteiger partial charge in [-0.15, -0.1) is 5.54 Å². The van der Waals surface area contributed by atoms with Crippen LogP contribution in [0, 0.1) is 11.5 Å². The Hall–Kier alpha value is -0.563. The van der Waals surface area contributed by atoms with E-state index in [0.29, 0.717) is 0 Å². The Bertz CT molecular complexity index is 394. The van der Waals surface area contributed by atoms with Crippen LogP contribution in [0.15, 0.2) is 11.1 Å². The third kappa shape index (κ3) is 1.75. The standard InChI is InChI=1S/C13H22O2Si/c1-10-11(2)13(14,12(10,3)15-4)8-9-16(5,6)7/h14H,1-7H3/t12-,13+/m0/s1. The van der Waals surface area contributed by atoms with Crippen LogP contribution in [0.1, 0.15) is 20.8 Å². The lowest BCUT2D eigenvalue weighted by Crippen LogP contribution is -2.62. The second-order valence-corrected chi connectivity index (χ2v) is 10.4. The fourth-order valence-electron chi connectivity index (χ4n) is 1.99. The summed E-state index contributed by atoms with van der Waals surface area (Å²) in [6, 6.07) is 0. The molecular formula is C13H22O2Si. The largest absolute Gasteiger partial charge is 0.371 e. The molecule has 1 rings (SSSR count). The Morgan fingerprint density at radius 2 is 1.69 bits per heavy atom. The molecule has 1 aliphatic rings. The molecule has 0 radical (unpaired) electrons. The molecule has 0 aliphatic heterocycles. The van der Waals surface area contributed by atoms with Crippen molar-refractivity contribution in [3.63, 3.8) is 0 Å². The van der Waals surface area contributed by atoms with E-state index >= 15 is 0 Å². The lowest BCUT2D eigenvalue weighted by Gasteiger charge is -2.51. The monoisotopic (exact) mass is 238 g/mol. The van der Waals surface area contributed by atoms with E-state index in [0.717, 1.165) is 11.1 Å². The van der Waals surface area contributed by atoms with Gasteiger partial charge in [-0.25, -0.2) is 0 Å². The van der Waals surface area contributed by atoms with Gasteiger partial charge in [0.2, 0.25) is 0 Å². The molecule has 0 saturated heterocycles. The molecule has 1 N–H and O–H groups in total. The first kappa shape index (κ1) is 13.5. The summed E-state index contributed by atoms with van der Waals surface area (Å²) in [5.41, 5.74) is 3.49. The van der Waals surface area contributed by atoms with Crippen LogP contribution >= 0.6 is 0 Å². The minimum Gasteiger partial charge on any atom is -0.371 e. The van der Waals surface area contributed by atoms with Crippen molar-refractivity contribution < 1.29 is 9.84 Å². The Kier molecular flexibility index (Phi) is 3.15. The topological polar surface area (TPSA) is 29.5 Å². The van der Waals surface area contributed by atoms with Crippen molar-refractivity contribution in [3.05, 3.63) is 11.1 Å². The molecule has 0 aromatic rings. The lowest BCUT2D eigenvalue weighted by atomic mass is 9.63. The van der Waals surface area contributed by atoms with Crippen molar-refractivity contribution in [2.75, 3.05) is 7.11 Å². The predicted molar refractivity (Wildman–Crippen MR) is 69.9 cm³/mol. The third-order valence-corrected chi connectivity index (χ3v) is 4.41. The zero-order valence-electron chi connectivity index (χ0n) is 11.4. The van der Waals surface area contributed by atoms with Crippen LogP contribution < -0.4 is 0 Å². The van der Waals surface area contributed by atoms with Crippen LogP contribution in [0.4, 0.5) is 0 Å². The van der Waals surface area contributed by atoms with Crippen molar-refractivity contribution in [1.29, 1.82) is 0 Å². The minimum absolute atomic E-state index is 0.649. The lowest BCUT2D eigenvalue weighted by molar-refractivity contribution is -0.111. The molecular weight excluding hydrogens is 216 g/mol. The Balaban J connectivity index is 3.17. The van der Waals surface area contributed by atoms with E-state index in [9.17, 15) is 5.11 Å². The Morgan fingerprint density at radius 1 is 1.19 bits per heavy atom. The second kappa shape index (κ2) is 3.73. The molecule has 0 aromatic carbocycles. The van der Waals surface area contributed by atoms with Gasteiger partial charge in [0, 0.05) is 7.11 Å². The highest BCUT2D eigenvalue weighted by atomic mass is 28.3. The molecule has 2 atom stereocenters. The normalized spacial score (nSPS) is 34.2. The van der Waals surface area contributed by atoms with Crippen molar-refractivity contribution in [3.8, 4) is 11.5 Å². The summed E-state index contributed by atoms with van der Waals surface area (Å²) in [5.74, 6) is 3.04. The molecule has 16 heavy (non-hydrogen) atoms. The highest BCUT2D eigenvalue weighted by Gasteiger charge is 2.58. The van der Waals surface area contributed by atoms with E-state index < -0.39 is 19.3 Å². The molecule has 3 heteroatoms. The number of hydrogen-bond acceptors (Lipinski definition) is 2. The van der Waals surface area contributed by atoms with Gasteiger partial charge in [0.1, 0.15) is 13.7 Å². The first-order valence-corrected chi connectivity index (χ1v) is 9.09. The molecule has 0 spiro atoms. The number of ether oxygens (including phenoxy) is 1. The second-order valence-electron chi connectivity index (χ2n) is 5.70. The van der Waals surface area contributed by atoms with Gasteiger partial charge in [-0.1, -0.05) is 25.6 Å². The number of aliphatic hydroxyl groups is 1. The Labute approximate surface area is 99.7 Å². The van der Waals surface area contributed by atoms with Crippen LogP contribution in [0.25, 0.3) is 0 Å². The maximum absolute atomic E-state index is 10.6. The molecule has 2 nitrogen and oxygen atoms in total. The summed E-state index contributed by atoms with van der Waals surface area (Å²) in [5, 5.41) is 10.6. The number of methoxy groups -OCH3 is 1. The first-order chi connectivity index (χ1) is 7.08. The van der Waals surface area contributed by atoms with E-state index in [2.05, 4.69) is 31.1 Å². The van der Waals surface area contributed by atoms with Gasteiger partial charge in [-0.2, -0.15) is 0 Å². The van der Waals surface area contributed by atoms with Gasteiger partial charge >= 0.3 is 0 Å². The summed E-state index contributed by atoms with van der Waals surface area (Å²) >= 11 is 0. The maximum Gasteiger partial charge on any atom is 0.179 e. The van der Waals surface area contributed by atoms with E-state index in [1.54, 1.807) is 7.11 Å². The summed E-state index contributed by atoms with van der Waals surface area (Å²) in [6.45, 7) is 12.3. The van der Waals surface area contributed by atoms with Gasteiger partial charge in [0.05, 0.1) is 0 Å². The summed E-state index contributed by atoms with van der Waals surface area (Å²) in [6.07, 6.45) is 0. The van der Waals surface area contributed by atoms with Gasteiger partial charge in [0.25, 0.3) is 0 Å². The number of hydrogen-bond donors (Lipinski definition) is 1. The fraction of sp³-hybridized carbons (Fsp3) is 0.692. The minimum atomic E-state index is -1.48.